The number of thiazole rings is 1. The number of carbonyl (C=O) groups excluding carboxylic acids is 1. The molecule has 0 N–H and O–H groups in total. The summed E-state index contributed by atoms with van der Waals surface area (Å²) in [6, 6.07) is 0. The third-order valence-corrected chi connectivity index (χ3v) is 3.15. The molecule has 0 amide bonds. The smallest absolute Gasteiger partial charge is 0.194 e. The molecule has 0 spiro atoms. The summed E-state index contributed by atoms with van der Waals surface area (Å²) in [6.07, 6.45) is 3.86. The number of imidazole rings is 1. The van der Waals surface area contributed by atoms with E-state index in [1.165, 1.54) is 0 Å². The molecule has 0 radical (unpaired) electrons. The lowest BCUT2D eigenvalue weighted by Gasteiger charge is -1.96. The summed E-state index contributed by atoms with van der Waals surface area (Å²) in [4.78, 5) is 16.5. The first-order chi connectivity index (χ1) is 7.09. The molecular weight excluding hydrogens is 208 g/mol. The van der Waals surface area contributed by atoms with Gasteiger partial charge in [-0.25, -0.2) is 4.98 Å². The minimum absolute atomic E-state index is 0.0968. The Labute approximate surface area is 92.1 Å². The molecule has 0 aliphatic heterocycles. The van der Waals surface area contributed by atoms with Gasteiger partial charge in [0.2, 0.25) is 0 Å². The minimum atomic E-state index is 0.0968. The highest BCUT2D eigenvalue weighted by Gasteiger charge is 2.08. The second-order valence-corrected chi connectivity index (χ2v) is 4.39. The van der Waals surface area contributed by atoms with Crippen LogP contribution in [0.1, 0.15) is 25.2 Å². The number of fused-ring (bicyclic) bond motifs is 1. The van der Waals surface area contributed by atoms with Crippen LogP contribution >= 0.6 is 11.3 Å². The molecule has 0 fully saturated rings. The second kappa shape index (κ2) is 3.62. The maximum atomic E-state index is 11.2. The van der Waals surface area contributed by atoms with E-state index in [4.69, 9.17) is 0 Å². The second-order valence-electron chi connectivity index (χ2n) is 3.52. The maximum Gasteiger partial charge on any atom is 0.194 e. The lowest BCUT2D eigenvalue weighted by atomic mass is 10.1. The lowest BCUT2D eigenvalue weighted by Crippen LogP contribution is -1.93. The average Bonchev–Trinajstić information content (AvgIpc) is 2.69. The van der Waals surface area contributed by atoms with Gasteiger partial charge >= 0.3 is 0 Å². The highest BCUT2D eigenvalue weighted by Crippen LogP contribution is 2.19. The van der Waals surface area contributed by atoms with Crippen LogP contribution in [0, 0.1) is 6.92 Å². The molecule has 0 aliphatic rings. The summed E-state index contributed by atoms with van der Waals surface area (Å²) in [7, 11) is 0. The van der Waals surface area contributed by atoms with E-state index in [1.54, 1.807) is 18.3 Å². The number of ketones is 1. The first-order valence-electron chi connectivity index (χ1n) is 4.71. The van der Waals surface area contributed by atoms with E-state index < -0.39 is 0 Å². The molecule has 0 aliphatic carbocycles. The highest BCUT2D eigenvalue weighted by molar-refractivity contribution is 7.15. The van der Waals surface area contributed by atoms with Crippen molar-refractivity contribution in [3.8, 4) is 0 Å². The van der Waals surface area contributed by atoms with E-state index in [-0.39, 0.29) is 5.78 Å². The molecular formula is C11H12N2OS. The van der Waals surface area contributed by atoms with Crippen LogP contribution in [0.2, 0.25) is 0 Å². The van der Waals surface area contributed by atoms with Crippen molar-refractivity contribution in [1.29, 1.82) is 0 Å². The summed E-state index contributed by atoms with van der Waals surface area (Å²) >= 11 is 1.60. The predicted molar refractivity (Wildman–Crippen MR) is 62.1 cm³/mol. The Balaban J connectivity index is 2.60. The quantitative estimate of drug-likeness (QED) is 0.729. The summed E-state index contributed by atoms with van der Waals surface area (Å²) < 4.78 is 2.01. The van der Waals surface area contributed by atoms with Gasteiger partial charge in [-0.1, -0.05) is 0 Å². The van der Waals surface area contributed by atoms with Crippen LogP contribution in [0.15, 0.2) is 17.2 Å². The van der Waals surface area contributed by atoms with Crippen molar-refractivity contribution < 1.29 is 4.79 Å². The zero-order valence-electron chi connectivity index (χ0n) is 8.94. The largest absolute Gasteiger partial charge is 0.295 e. The Hall–Kier alpha value is -1.42. The minimum Gasteiger partial charge on any atom is -0.295 e. The molecule has 0 atom stereocenters. The number of carbonyl (C=O) groups is 1. The van der Waals surface area contributed by atoms with E-state index in [0.29, 0.717) is 0 Å². The molecule has 2 heterocycles. The number of hydrogen-bond acceptors (Lipinski definition) is 3. The van der Waals surface area contributed by atoms with E-state index in [9.17, 15) is 4.79 Å². The number of aromatic nitrogens is 2. The molecule has 0 aromatic carbocycles. The van der Waals surface area contributed by atoms with Crippen molar-refractivity contribution in [3.63, 3.8) is 0 Å². The van der Waals surface area contributed by atoms with Crippen molar-refractivity contribution in [2.75, 3.05) is 0 Å². The van der Waals surface area contributed by atoms with E-state index in [1.807, 2.05) is 35.9 Å². The Bertz CT molecular complexity index is 548. The zero-order valence-corrected chi connectivity index (χ0v) is 9.76. The van der Waals surface area contributed by atoms with Gasteiger partial charge in [-0.2, -0.15) is 0 Å². The number of Topliss-reactive ketones (excluding diaryl/α,β-unsaturated/α-hetero) is 1. The third-order valence-electron chi connectivity index (χ3n) is 2.39. The molecule has 4 heteroatoms. The predicted octanol–water partition coefficient (Wildman–Crippen LogP) is 2.70. The standard InChI is InChI=1S/C11H12N2OS/c1-7(9(3)14)6-10-8(2)12-11-13(10)4-5-15-11/h4-6H,1-3H3/b7-6+. The topological polar surface area (TPSA) is 34.4 Å². The third kappa shape index (κ3) is 1.72. The molecule has 3 nitrogen and oxygen atoms in total. The summed E-state index contributed by atoms with van der Waals surface area (Å²) in [6.45, 7) is 5.36. The van der Waals surface area contributed by atoms with Gasteiger partial charge in [0, 0.05) is 11.6 Å². The molecule has 78 valence electrons. The van der Waals surface area contributed by atoms with Crippen LogP contribution in [-0.4, -0.2) is 15.2 Å². The Morgan fingerprint density at radius 3 is 2.93 bits per heavy atom. The van der Waals surface area contributed by atoms with E-state index in [2.05, 4.69) is 4.98 Å². The summed E-state index contributed by atoms with van der Waals surface area (Å²) in [5.74, 6) is 0.0968. The van der Waals surface area contributed by atoms with Gasteiger partial charge in [0.1, 0.15) is 0 Å². The number of nitrogens with zero attached hydrogens (tertiary/aromatic N) is 2. The van der Waals surface area contributed by atoms with Gasteiger partial charge in [-0.05, 0) is 32.4 Å². The highest BCUT2D eigenvalue weighted by atomic mass is 32.1. The Kier molecular flexibility index (Phi) is 2.44. The monoisotopic (exact) mass is 220 g/mol. The molecule has 2 aromatic rings. The number of aryl methyl sites for hydroxylation is 1. The van der Waals surface area contributed by atoms with Crippen LogP contribution in [0.4, 0.5) is 0 Å². The van der Waals surface area contributed by atoms with Crippen LogP contribution in [0.3, 0.4) is 0 Å². The zero-order chi connectivity index (χ0) is 11.0. The fourth-order valence-corrected chi connectivity index (χ4v) is 2.16. The molecule has 2 aromatic heterocycles. The van der Waals surface area contributed by atoms with Crippen LogP contribution in [0.5, 0.6) is 0 Å². The Morgan fingerprint density at radius 2 is 2.27 bits per heavy atom. The number of allylic oxidation sites excluding steroid dienone is 1. The fraction of sp³-hybridized carbons (Fsp3) is 0.273. The lowest BCUT2D eigenvalue weighted by molar-refractivity contribution is -0.113. The van der Waals surface area contributed by atoms with E-state index in [0.717, 1.165) is 21.9 Å². The Morgan fingerprint density at radius 1 is 1.53 bits per heavy atom. The number of hydrogen-bond donors (Lipinski definition) is 0. The first-order valence-corrected chi connectivity index (χ1v) is 5.59. The fourth-order valence-electron chi connectivity index (χ4n) is 1.39. The van der Waals surface area contributed by atoms with Crippen LogP contribution in [-0.2, 0) is 4.79 Å². The molecule has 15 heavy (non-hydrogen) atoms. The van der Waals surface area contributed by atoms with Gasteiger partial charge < -0.3 is 0 Å². The van der Waals surface area contributed by atoms with Crippen molar-refractivity contribution in [3.05, 3.63) is 28.5 Å². The van der Waals surface area contributed by atoms with Gasteiger partial charge in [0.05, 0.1) is 11.4 Å². The van der Waals surface area contributed by atoms with Crippen molar-refractivity contribution in [1.82, 2.24) is 9.38 Å². The normalized spacial score (nSPS) is 12.3. The molecule has 0 bridgehead atoms. The SMILES string of the molecule is CC(=O)/C(C)=C/c1c(C)nc2sccn12. The summed E-state index contributed by atoms with van der Waals surface area (Å²) in [5, 5.41) is 1.99. The summed E-state index contributed by atoms with van der Waals surface area (Å²) in [5.41, 5.74) is 2.72. The van der Waals surface area contributed by atoms with Gasteiger partial charge in [0.25, 0.3) is 0 Å². The van der Waals surface area contributed by atoms with Gasteiger partial charge in [-0.15, -0.1) is 11.3 Å². The van der Waals surface area contributed by atoms with Crippen LogP contribution in [0.25, 0.3) is 11.0 Å². The molecule has 0 saturated heterocycles. The van der Waals surface area contributed by atoms with Crippen molar-refractivity contribution >= 4 is 28.2 Å². The molecule has 2 rings (SSSR count). The molecule has 0 saturated carbocycles. The first kappa shape index (κ1) is 10.1. The maximum absolute atomic E-state index is 11.2. The van der Waals surface area contributed by atoms with Gasteiger partial charge in [0.15, 0.2) is 10.7 Å². The average molecular weight is 220 g/mol. The number of rotatable bonds is 2. The van der Waals surface area contributed by atoms with Crippen molar-refractivity contribution in [2.45, 2.75) is 20.8 Å². The molecule has 0 unspecified atom stereocenters. The van der Waals surface area contributed by atoms with Crippen molar-refractivity contribution in [2.24, 2.45) is 0 Å². The van der Waals surface area contributed by atoms with Crippen LogP contribution < -0.4 is 0 Å². The van der Waals surface area contributed by atoms with Gasteiger partial charge in [-0.3, -0.25) is 9.20 Å². The van der Waals surface area contributed by atoms with E-state index >= 15 is 0 Å².